The van der Waals surface area contributed by atoms with Crippen LogP contribution in [0.3, 0.4) is 0 Å². The number of anilines is 1. The van der Waals surface area contributed by atoms with Crippen molar-refractivity contribution in [3.63, 3.8) is 0 Å². The first kappa shape index (κ1) is 21.7. The molecule has 1 unspecified atom stereocenters. The molecule has 0 bridgehead atoms. The van der Waals surface area contributed by atoms with Crippen molar-refractivity contribution >= 4 is 45.0 Å². The van der Waals surface area contributed by atoms with Crippen LogP contribution in [0.25, 0.3) is 0 Å². The van der Waals surface area contributed by atoms with Gasteiger partial charge in [0.1, 0.15) is 5.82 Å². The molecule has 0 radical (unpaired) electrons. The highest BCUT2D eigenvalue weighted by molar-refractivity contribution is 9.10. The van der Waals surface area contributed by atoms with Crippen LogP contribution < -0.4 is 5.32 Å². The van der Waals surface area contributed by atoms with Gasteiger partial charge < -0.3 is 10.2 Å². The first-order valence-corrected chi connectivity index (χ1v) is 10.6. The van der Waals surface area contributed by atoms with Crippen LogP contribution in [0.15, 0.2) is 46.9 Å². The van der Waals surface area contributed by atoms with Crippen molar-refractivity contribution < 1.29 is 14.0 Å². The van der Waals surface area contributed by atoms with E-state index in [9.17, 15) is 14.0 Å². The highest BCUT2D eigenvalue weighted by atomic mass is 79.9. The molecule has 0 aromatic heterocycles. The van der Waals surface area contributed by atoms with Gasteiger partial charge in [0.2, 0.25) is 5.91 Å². The topological polar surface area (TPSA) is 52.7 Å². The molecule has 0 aliphatic carbocycles. The molecule has 2 aromatic carbocycles. The molecule has 154 valence electrons. The van der Waals surface area contributed by atoms with E-state index in [0.29, 0.717) is 41.2 Å². The van der Waals surface area contributed by atoms with Crippen molar-refractivity contribution in [2.45, 2.75) is 19.4 Å². The summed E-state index contributed by atoms with van der Waals surface area (Å²) in [6, 6.07) is 11.1. The van der Waals surface area contributed by atoms with Crippen molar-refractivity contribution in [3.8, 4) is 0 Å². The molecule has 0 saturated carbocycles. The smallest absolute Gasteiger partial charge is 0.255 e. The zero-order chi connectivity index (χ0) is 21.0. The van der Waals surface area contributed by atoms with Crippen molar-refractivity contribution in [2.24, 2.45) is 0 Å². The van der Waals surface area contributed by atoms with Crippen LogP contribution in [-0.2, 0) is 4.79 Å². The number of halogens is 3. The third-order valence-electron chi connectivity index (χ3n) is 5.04. The zero-order valence-electron chi connectivity index (χ0n) is 16.0. The number of hydrogen-bond donors (Lipinski definition) is 1. The monoisotopic (exact) mass is 481 g/mol. The third-order valence-corrected chi connectivity index (χ3v) is 5.86. The first-order valence-electron chi connectivity index (χ1n) is 9.40. The number of amides is 2. The van der Waals surface area contributed by atoms with Crippen LogP contribution in [0.4, 0.5) is 10.1 Å². The van der Waals surface area contributed by atoms with E-state index >= 15 is 0 Å². The Labute approximate surface area is 182 Å². The number of rotatable bonds is 4. The lowest BCUT2D eigenvalue weighted by Gasteiger charge is -2.27. The minimum atomic E-state index is -0.493. The van der Waals surface area contributed by atoms with E-state index in [-0.39, 0.29) is 17.5 Å². The van der Waals surface area contributed by atoms with E-state index < -0.39 is 11.9 Å². The van der Waals surface area contributed by atoms with Crippen LogP contribution >= 0.6 is 27.5 Å². The molecular weight excluding hydrogens is 461 g/mol. The molecular formula is C21H22BrClFN3O2. The highest BCUT2D eigenvalue weighted by Crippen LogP contribution is 2.21. The number of hydrogen-bond acceptors (Lipinski definition) is 3. The first-order chi connectivity index (χ1) is 13.9. The van der Waals surface area contributed by atoms with Gasteiger partial charge in [0.25, 0.3) is 5.91 Å². The van der Waals surface area contributed by atoms with Gasteiger partial charge in [-0.15, -0.1) is 0 Å². The second-order valence-corrected chi connectivity index (χ2v) is 8.27. The largest absolute Gasteiger partial charge is 0.337 e. The molecule has 1 fully saturated rings. The van der Waals surface area contributed by atoms with Gasteiger partial charge >= 0.3 is 0 Å². The normalized spacial score (nSPS) is 16.2. The number of nitrogens with zero attached hydrogens (tertiary/aromatic N) is 2. The third kappa shape index (κ3) is 5.35. The fourth-order valence-electron chi connectivity index (χ4n) is 3.33. The van der Waals surface area contributed by atoms with Gasteiger partial charge in [-0.25, -0.2) is 4.39 Å². The summed E-state index contributed by atoms with van der Waals surface area (Å²) in [6.07, 6.45) is 0.737. The van der Waals surface area contributed by atoms with Gasteiger partial charge in [0.05, 0.1) is 22.3 Å². The van der Waals surface area contributed by atoms with Crippen LogP contribution in [0.2, 0.25) is 5.02 Å². The van der Waals surface area contributed by atoms with Crippen molar-refractivity contribution in [3.05, 3.63) is 63.3 Å². The van der Waals surface area contributed by atoms with Crippen molar-refractivity contribution in [1.82, 2.24) is 9.80 Å². The average Bonchev–Trinajstić information content (AvgIpc) is 2.95. The van der Waals surface area contributed by atoms with E-state index in [1.165, 1.54) is 12.1 Å². The van der Waals surface area contributed by atoms with E-state index in [0.717, 1.165) is 6.42 Å². The molecule has 2 amide bonds. The number of carbonyl (C=O) groups excluding carboxylic acids is 2. The fraction of sp³-hybridized carbons (Fsp3) is 0.333. The Balaban J connectivity index is 1.61. The molecule has 2 aromatic rings. The molecule has 1 heterocycles. The number of benzene rings is 2. The molecule has 1 atom stereocenters. The maximum Gasteiger partial charge on any atom is 0.255 e. The van der Waals surface area contributed by atoms with Crippen LogP contribution in [-0.4, -0.2) is 53.8 Å². The average molecular weight is 483 g/mol. The van der Waals surface area contributed by atoms with Gasteiger partial charge in [-0.3, -0.25) is 14.5 Å². The van der Waals surface area contributed by atoms with Crippen LogP contribution in [0, 0.1) is 5.82 Å². The zero-order valence-corrected chi connectivity index (χ0v) is 18.3. The van der Waals surface area contributed by atoms with Crippen molar-refractivity contribution in [2.75, 3.05) is 31.5 Å². The van der Waals surface area contributed by atoms with Gasteiger partial charge in [-0.1, -0.05) is 39.7 Å². The van der Waals surface area contributed by atoms with E-state index in [1.807, 2.05) is 4.90 Å². The minimum Gasteiger partial charge on any atom is -0.337 e. The summed E-state index contributed by atoms with van der Waals surface area (Å²) in [6.45, 7) is 4.10. The maximum atomic E-state index is 14.0. The predicted octanol–water partition coefficient (Wildman–Crippen LogP) is 4.42. The molecule has 1 N–H and O–H groups in total. The van der Waals surface area contributed by atoms with Crippen molar-refractivity contribution in [1.29, 1.82) is 0 Å². The number of carbonyl (C=O) groups is 2. The van der Waals surface area contributed by atoms with Gasteiger partial charge in [-0.05, 0) is 43.7 Å². The molecule has 1 aliphatic heterocycles. The lowest BCUT2D eigenvalue weighted by atomic mass is 10.2. The summed E-state index contributed by atoms with van der Waals surface area (Å²) in [4.78, 5) is 29.2. The van der Waals surface area contributed by atoms with Gasteiger partial charge in [0, 0.05) is 30.7 Å². The Morgan fingerprint density at radius 1 is 1.14 bits per heavy atom. The Hall–Kier alpha value is -1.96. The number of nitrogens with one attached hydrogen (secondary N) is 1. The Morgan fingerprint density at radius 3 is 2.62 bits per heavy atom. The van der Waals surface area contributed by atoms with E-state index in [4.69, 9.17) is 11.6 Å². The standard InChI is InChI=1S/C21H22BrClFN3O2/c1-14(20(28)25-19-8-7-15(22)13-18(19)24)26-9-4-10-27(12-11-26)21(29)16-5-2-3-6-17(16)23/h2-3,5-8,13-14H,4,9-12H2,1H3,(H,25,28). The molecule has 29 heavy (non-hydrogen) atoms. The summed E-state index contributed by atoms with van der Waals surface area (Å²) in [7, 11) is 0. The van der Waals surface area contributed by atoms with E-state index in [2.05, 4.69) is 21.2 Å². The lowest BCUT2D eigenvalue weighted by Crippen LogP contribution is -2.44. The van der Waals surface area contributed by atoms with Crippen LogP contribution in [0.1, 0.15) is 23.7 Å². The molecule has 3 rings (SSSR count). The Kier molecular flexibility index (Phi) is 7.27. The summed E-state index contributed by atoms with van der Waals surface area (Å²) >= 11 is 9.35. The lowest BCUT2D eigenvalue weighted by molar-refractivity contribution is -0.120. The maximum absolute atomic E-state index is 14.0. The van der Waals surface area contributed by atoms with Crippen LogP contribution in [0.5, 0.6) is 0 Å². The molecule has 0 spiro atoms. The summed E-state index contributed by atoms with van der Waals surface area (Å²) in [5.74, 6) is -0.879. The minimum absolute atomic E-state index is 0.105. The quantitative estimate of drug-likeness (QED) is 0.702. The van der Waals surface area contributed by atoms with E-state index in [1.54, 1.807) is 42.2 Å². The SMILES string of the molecule is CC(C(=O)Nc1ccc(Br)cc1F)N1CCCN(C(=O)c2ccccc2Cl)CC1. The highest BCUT2D eigenvalue weighted by Gasteiger charge is 2.27. The summed E-state index contributed by atoms with van der Waals surface area (Å²) < 4.78 is 14.6. The molecule has 5 nitrogen and oxygen atoms in total. The summed E-state index contributed by atoms with van der Waals surface area (Å²) in [5.41, 5.74) is 0.634. The molecule has 8 heteroatoms. The summed E-state index contributed by atoms with van der Waals surface area (Å²) in [5, 5.41) is 3.08. The predicted molar refractivity (Wildman–Crippen MR) is 116 cm³/mol. The Morgan fingerprint density at radius 2 is 1.90 bits per heavy atom. The second kappa shape index (κ2) is 9.69. The van der Waals surface area contributed by atoms with Gasteiger partial charge in [-0.2, -0.15) is 0 Å². The molecule has 1 aliphatic rings. The fourth-order valence-corrected chi connectivity index (χ4v) is 3.88. The molecule has 1 saturated heterocycles. The Bertz CT molecular complexity index is 911. The second-order valence-electron chi connectivity index (χ2n) is 6.95. The van der Waals surface area contributed by atoms with Gasteiger partial charge in [0.15, 0.2) is 0 Å².